The van der Waals surface area contributed by atoms with Crippen molar-refractivity contribution in [2.45, 2.75) is 29.3 Å². The van der Waals surface area contributed by atoms with Crippen molar-refractivity contribution in [2.75, 3.05) is 6.54 Å². The van der Waals surface area contributed by atoms with Gasteiger partial charge in [-0.1, -0.05) is 66.2 Å². The molecule has 3 aromatic carbocycles. The maximum Gasteiger partial charge on any atom is 0.325 e. The standard InChI is InChI=1S/C29H24ClN5O4S/c30-23-10-6-20(7-11-23)21-8-12-24(13-9-21)40(38,39)35(15-14-34-19-33-27-26(34)17-31-18-32-27)29(28(36)37)16-25(29)22-4-2-1-3-5-22/h1-13,17-19,25H,14-16H2,(H,36,37)/t25-,29+/m1/s1. The van der Waals surface area contributed by atoms with Crippen molar-refractivity contribution in [3.63, 3.8) is 0 Å². The van der Waals surface area contributed by atoms with Crippen molar-refractivity contribution < 1.29 is 18.3 Å². The second-order valence-corrected chi connectivity index (χ2v) is 12.0. The monoisotopic (exact) mass is 573 g/mol. The molecule has 1 fully saturated rings. The number of imidazole rings is 1. The van der Waals surface area contributed by atoms with Gasteiger partial charge in [0, 0.05) is 24.0 Å². The molecule has 11 heteroatoms. The Hall–Kier alpha value is -4.12. The van der Waals surface area contributed by atoms with Crippen LogP contribution in [-0.2, 0) is 21.4 Å². The minimum Gasteiger partial charge on any atom is -0.480 e. The summed E-state index contributed by atoms with van der Waals surface area (Å²) in [7, 11) is -4.23. The lowest BCUT2D eigenvalue weighted by Crippen LogP contribution is -2.49. The van der Waals surface area contributed by atoms with Crippen LogP contribution in [0.25, 0.3) is 22.3 Å². The zero-order chi connectivity index (χ0) is 27.9. The first-order valence-electron chi connectivity index (χ1n) is 12.6. The number of halogens is 1. The van der Waals surface area contributed by atoms with Crippen LogP contribution in [0.2, 0.25) is 5.02 Å². The molecule has 0 saturated heterocycles. The van der Waals surface area contributed by atoms with Gasteiger partial charge in [0.1, 0.15) is 17.4 Å². The van der Waals surface area contributed by atoms with E-state index < -0.39 is 27.4 Å². The third-order valence-electron chi connectivity index (χ3n) is 7.41. The Balaban J connectivity index is 1.38. The van der Waals surface area contributed by atoms with Gasteiger partial charge < -0.3 is 9.67 Å². The van der Waals surface area contributed by atoms with Gasteiger partial charge in [0.15, 0.2) is 5.65 Å². The number of benzene rings is 3. The SMILES string of the molecule is O=C(O)[C@]1(N(CCn2cnc3ncncc32)S(=O)(=O)c2ccc(-c3ccc(Cl)cc3)cc2)C[C@@H]1c1ccccc1. The molecule has 0 bridgehead atoms. The fourth-order valence-electron chi connectivity index (χ4n) is 5.25. The van der Waals surface area contributed by atoms with Gasteiger partial charge in [-0.05, 0) is 47.4 Å². The van der Waals surface area contributed by atoms with Gasteiger partial charge >= 0.3 is 5.97 Å². The number of carbonyl (C=O) groups is 1. The summed E-state index contributed by atoms with van der Waals surface area (Å²) in [6.45, 7) is 0.0831. The topological polar surface area (TPSA) is 118 Å². The largest absolute Gasteiger partial charge is 0.480 e. The summed E-state index contributed by atoms with van der Waals surface area (Å²) in [6, 6.07) is 22.9. The Labute approximate surface area is 235 Å². The van der Waals surface area contributed by atoms with Crippen LogP contribution in [-0.4, -0.2) is 55.4 Å². The maximum atomic E-state index is 14.2. The normalized spacial score (nSPS) is 18.7. The predicted molar refractivity (Wildman–Crippen MR) is 150 cm³/mol. The Morgan fingerprint density at radius 1 is 1.00 bits per heavy atom. The molecule has 6 rings (SSSR count). The van der Waals surface area contributed by atoms with E-state index in [9.17, 15) is 18.3 Å². The summed E-state index contributed by atoms with van der Waals surface area (Å²) in [5.74, 6) is -1.67. The molecule has 0 spiro atoms. The molecule has 0 aliphatic heterocycles. The fourth-order valence-corrected chi connectivity index (χ4v) is 7.15. The van der Waals surface area contributed by atoms with Gasteiger partial charge in [-0.25, -0.2) is 23.4 Å². The van der Waals surface area contributed by atoms with Gasteiger partial charge in [-0.2, -0.15) is 4.31 Å². The smallest absolute Gasteiger partial charge is 0.325 e. The number of aromatic nitrogens is 4. The van der Waals surface area contributed by atoms with E-state index in [1.165, 1.54) is 18.5 Å². The molecule has 2 heterocycles. The Morgan fingerprint density at radius 3 is 2.35 bits per heavy atom. The van der Waals surface area contributed by atoms with Crippen molar-refractivity contribution in [1.29, 1.82) is 0 Å². The maximum absolute atomic E-state index is 14.2. The van der Waals surface area contributed by atoms with Crippen LogP contribution in [0.1, 0.15) is 17.9 Å². The summed E-state index contributed by atoms with van der Waals surface area (Å²) in [5.41, 5.74) is 1.96. The first-order valence-corrected chi connectivity index (χ1v) is 14.4. The highest BCUT2D eigenvalue weighted by Gasteiger charge is 2.67. The van der Waals surface area contributed by atoms with Crippen LogP contribution in [0.4, 0.5) is 0 Å². The lowest BCUT2D eigenvalue weighted by molar-refractivity contribution is -0.143. The lowest BCUT2D eigenvalue weighted by atomic mass is 10.1. The summed E-state index contributed by atoms with van der Waals surface area (Å²) < 4.78 is 31.3. The molecule has 0 radical (unpaired) electrons. The number of sulfonamides is 1. The summed E-state index contributed by atoms with van der Waals surface area (Å²) >= 11 is 6.00. The average Bonchev–Trinajstić information content (AvgIpc) is 3.60. The highest BCUT2D eigenvalue weighted by atomic mass is 35.5. The van der Waals surface area contributed by atoms with Crippen LogP contribution in [0.3, 0.4) is 0 Å². The van der Waals surface area contributed by atoms with Crippen molar-refractivity contribution in [1.82, 2.24) is 23.8 Å². The number of carboxylic acid groups (broad SMARTS) is 1. The van der Waals surface area contributed by atoms with Crippen LogP contribution in [0.15, 0.2) is 103 Å². The van der Waals surface area contributed by atoms with Crippen LogP contribution < -0.4 is 0 Å². The average molecular weight is 574 g/mol. The molecule has 2 atom stereocenters. The number of aliphatic carboxylic acids is 1. The summed E-state index contributed by atoms with van der Waals surface area (Å²) in [5, 5.41) is 11.1. The number of carboxylic acids is 1. The summed E-state index contributed by atoms with van der Waals surface area (Å²) in [4.78, 5) is 25.3. The fraction of sp³-hybridized carbons (Fsp3) is 0.172. The third kappa shape index (κ3) is 4.53. The number of hydrogen-bond donors (Lipinski definition) is 1. The van der Waals surface area contributed by atoms with Crippen molar-refractivity contribution in [2.24, 2.45) is 0 Å². The lowest BCUT2D eigenvalue weighted by Gasteiger charge is -2.30. The molecule has 40 heavy (non-hydrogen) atoms. The van der Waals surface area contributed by atoms with Crippen molar-refractivity contribution >= 4 is 38.8 Å². The van der Waals surface area contributed by atoms with E-state index in [1.807, 2.05) is 42.5 Å². The number of hydrogen-bond acceptors (Lipinski definition) is 6. The zero-order valence-corrected chi connectivity index (χ0v) is 22.7. The van der Waals surface area contributed by atoms with E-state index in [-0.39, 0.29) is 24.4 Å². The van der Waals surface area contributed by atoms with Crippen molar-refractivity contribution in [3.8, 4) is 11.1 Å². The highest BCUT2D eigenvalue weighted by Crippen LogP contribution is 2.57. The van der Waals surface area contributed by atoms with Gasteiger partial charge in [-0.15, -0.1) is 0 Å². The number of rotatable bonds is 9. The van der Waals surface area contributed by atoms with E-state index in [0.717, 1.165) is 21.0 Å². The van der Waals surface area contributed by atoms with E-state index in [1.54, 1.807) is 41.4 Å². The molecule has 1 saturated carbocycles. The number of nitrogens with zero attached hydrogens (tertiary/aromatic N) is 5. The van der Waals surface area contributed by atoms with Crippen molar-refractivity contribution in [3.05, 3.63) is 108 Å². The first kappa shape index (κ1) is 26.1. The molecule has 5 aromatic rings. The number of fused-ring (bicyclic) bond motifs is 1. The molecule has 1 N–H and O–H groups in total. The third-order valence-corrected chi connectivity index (χ3v) is 9.62. The highest BCUT2D eigenvalue weighted by molar-refractivity contribution is 7.89. The molecule has 0 amide bonds. The van der Waals surface area contributed by atoms with Crippen LogP contribution in [0, 0.1) is 0 Å². The van der Waals surface area contributed by atoms with Gasteiger partial charge in [-0.3, -0.25) is 4.79 Å². The van der Waals surface area contributed by atoms with Gasteiger partial charge in [0.05, 0.1) is 17.4 Å². The quantitative estimate of drug-likeness (QED) is 0.268. The van der Waals surface area contributed by atoms with E-state index in [0.29, 0.717) is 16.2 Å². The molecule has 202 valence electrons. The van der Waals surface area contributed by atoms with E-state index in [2.05, 4.69) is 15.0 Å². The van der Waals surface area contributed by atoms with Crippen LogP contribution in [0.5, 0.6) is 0 Å². The second-order valence-electron chi connectivity index (χ2n) is 9.67. The molecule has 0 unspecified atom stereocenters. The minimum atomic E-state index is -4.23. The second kappa shape index (κ2) is 10.1. The molecule has 1 aliphatic carbocycles. The summed E-state index contributed by atoms with van der Waals surface area (Å²) in [6.07, 6.45) is 4.71. The van der Waals surface area contributed by atoms with Crippen LogP contribution >= 0.6 is 11.6 Å². The molecular weight excluding hydrogens is 550 g/mol. The Bertz CT molecular complexity index is 1790. The Morgan fingerprint density at radius 2 is 1.68 bits per heavy atom. The first-order chi connectivity index (χ1) is 19.3. The minimum absolute atomic E-state index is 0.0170. The zero-order valence-electron chi connectivity index (χ0n) is 21.1. The predicted octanol–water partition coefficient (Wildman–Crippen LogP) is 4.85. The van der Waals surface area contributed by atoms with Gasteiger partial charge in [0.2, 0.25) is 10.0 Å². The molecule has 9 nitrogen and oxygen atoms in total. The van der Waals surface area contributed by atoms with E-state index >= 15 is 0 Å². The molecular formula is C29H24ClN5O4S. The molecule has 1 aliphatic rings. The van der Waals surface area contributed by atoms with E-state index in [4.69, 9.17) is 11.6 Å². The molecule has 2 aromatic heterocycles. The Kier molecular flexibility index (Phi) is 6.61. The van der Waals surface area contributed by atoms with Gasteiger partial charge in [0.25, 0.3) is 0 Å².